The first-order chi connectivity index (χ1) is 10.2. The molecular weight excluding hydrogens is 305 g/mol. The number of unbranched alkanes of at least 4 members (excludes halogenated alkanes) is 1. The Labute approximate surface area is 135 Å². The molecule has 0 radical (unpaired) electrons. The smallest absolute Gasteiger partial charge is 0.251 e. The van der Waals surface area contributed by atoms with Crippen molar-refractivity contribution >= 4 is 29.1 Å². The monoisotopic (exact) mass is 321 g/mol. The van der Waals surface area contributed by atoms with Crippen molar-refractivity contribution in [2.75, 3.05) is 6.54 Å². The van der Waals surface area contributed by atoms with E-state index in [2.05, 4.69) is 17.4 Å². The average molecular weight is 322 g/mol. The molecule has 0 atom stereocenters. The SMILES string of the molecule is O=C(NCCCCc1ccccc1)c1ccc(Cl)c(Cl)c1. The van der Waals surface area contributed by atoms with Crippen LogP contribution in [-0.2, 0) is 6.42 Å². The lowest BCUT2D eigenvalue weighted by Gasteiger charge is -2.06. The van der Waals surface area contributed by atoms with Crippen LogP contribution in [0.25, 0.3) is 0 Å². The molecule has 4 heteroatoms. The Bertz CT molecular complexity index is 599. The van der Waals surface area contributed by atoms with Crippen molar-refractivity contribution in [2.24, 2.45) is 0 Å². The number of aryl methyl sites for hydroxylation is 1. The summed E-state index contributed by atoms with van der Waals surface area (Å²) < 4.78 is 0. The fraction of sp³-hybridized carbons (Fsp3) is 0.235. The first-order valence-electron chi connectivity index (χ1n) is 6.94. The lowest BCUT2D eigenvalue weighted by atomic mass is 10.1. The molecule has 2 rings (SSSR count). The third kappa shape index (κ3) is 5.07. The third-order valence-electron chi connectivity index (χ3n) is 3.20. The highest BCUT2D eigenvalue weighted by molar-refractivity contribution is 6.42. The molecule has 2 aromatic rings. The van der Waals surface area contributed by atoms with Crippen molar-refractivity contribution in [1.82, 2.24) is 5.32 Å². The first-order valence-corrected chi connectivity index (χ1v) is 7.69. The Morgan fingerprint density at radius 2 is 1.71 bits per heavy atom. The van der Waals surface area contributed by atoms with E-state index in [4.69, 9.17) is 23.2 Å². The number of halogens is 2. The maximum atomic E-state index is 11.9. The van der Waals surface area contributed by atoms with Crippen LogP contribution in [-0.4, -0.2) is 12.5 Å². The van der Waals surface area contributed by atoms with Crippen LogP contribution in [0.1, 0.15) is 28.8 Å². The van der Waals surface area contributed by atoms with E-state index in [9.17, 15) is 4.79 Å². The predicted molar refractivity (Wildman–Crippen MR) is 88.2 cm³/mol. The minimum Gasteiger partial charge on any atom is -0.352 e. The maximum Gasteiger partial charge on any atom is 0.251 e. The van der Waals surface area contributed by atoms with Gasteiger partial charge >= 0.3 is 0 Å². The van der Waals surface area contributed by atoms with Crippen molar-refractivity contribution < 1.29 is 4.79 Å². The molecule has 110 valence electrons. The summed E-state index contributed by atoms with van der Waals surface area (Å²) >= 11 is 11.7. The minimum absolute atomic E-state index is 0.117. The fourth-order valence-electron chi connectivity index (χ4n) is 2.04. The predicted octanol–water partition coefficient (Wildman–Crippen LogP) is 4.75. The van der Waals surface area contributed by atoms with Gasteiger partial charge < -0.3 is 5.32 Å². The summed E-state index contributed by atoms with van der Waals surface area (Å²) in [5, 5.41) is 3.74. The molecular formula is C17H17Cl2NO. The fourth-order valence-corrected chi connectivity index (χ4v) is 2.34. The van der Waals surface area contributed by atoms with E-state index in [1.165, 1.54) is 5.56 Å². The van der Waals surface area contributed by atoms with Crippen LogP contribution >= 0.6 is 23.2 Å². The summed E-state index contributed by atoms with van der Waals surface area (Å²) in [6, 6.07) is 15.2. The molecule has 0 aliphatic heterocycles. The highest BCUT2D eigenvalue weighted by Gasteiger charge is 2.07. The van der Waals surface area contributed by atoms with Crippen LogP contribution < -0.4 is 5.32 Å². The second kappa shape index (κ2) is 8.06. The highest BCUT2D eigenvalue weighted by Crippen LogP contribution is 2.22. The standard InChI is InChI=1S/C17H17Cl2NO/c18-15-10-9-14(12-16(15)19)17(21)20-11-5-4-8-13-6-2-1-3-7-13/h1-3,6-7,9-10,12H,4-5,8,11H2,(H,20,21). The van der Waals surface area contributed by atoms with E-state index in [-0.39, 0.29) is 5.91 Å². The number of nitrogens with one attached hydrogen (secondary N) is 1. The molecule has 2 nitrogen and oxygen atoms in total. The lowest BCUT2D eigenvalue weighted by molar-refractivity contribution is 0.0953. The summed E-state index contributed by atoms with van der Waals surface area (Å²) in [6.45, 7) is 0.659. The molecule has 0 aliphatic rings. The Hall–Kier alpha value is -1.51. The first kappa shape index (κ1) is 15.9. The summed E-state index contributed by atoms with van der Waals surface area (Å²) in [7, 11) is 0. The second-order valence-electron chi connectivity index (χ2n) is 4.83. The zero-order valence-electron chi connectivity index (χ0n) is 11.6. The van der Waals surface area contributed by atoms with Crippen LogP contribution in [0.5, 0.6) is 0 Å². The number of carbonyl (C=O) groups is 1. The van der Waals surface area contributed by atoms with Crippen LogP contribution in [0.3, 0.4) is 0 Å². The van der Waals surface area contributed by atoms with E-state index in [1.54, 1.807) is 18.2 Å². The van der Waals surface area contributed by atoms with Crippen molar-refractivity contribution in [3.8, 4) is 0 Å². The van der Waals surface area contributed by atoms with Gasteiger partial charge in [0.25, 0.3) is 5.91 Å². The van der Waals surface area contributed by atoms with E-state index in [1.807, 2.05) is 18.2 Å². The normalized spacial score (nSPS) is 10.4. The van der Waals surface area contributed by atoms with E-state index in [0.717, 1.165) is 19.3 Å². The van der Waals surface area contributed by atoms with Crippen molar-refractivity contribution in [3.05, 3.63) is 69.7 Å². The van der Waals surface area contributed by atoms with E-state index < -0.39 is 0 Å². The quantitative estimate of drug-likeness (QED) is 0.764. The minimum atomic E-state index is -0.117. The number of benzene rings is 2. The molecule has 0 aliphatic carbocycles. The van der Waals surface area contributed by atoms with Crippen LogP contribution in [0.15, 0.2) is 48.5 Å². The van der Waals surface area contributed by atoms with Gasteiger partial charge in [-0.1, -0.05) is 53.5 Å². The van der Waals surface area contributed by atoms with Gasteiger partial charge in [-0.05, 0) is 43.0 Å². The number of hydrogen-bond acceptors (Lipinski definition) is 1. The van der Waals surface area contributed by atoms with Crippen LogP contribution in [0, 0.1) is 0 Å². The van der Waals surface area contributed by atoms with Gasteiger partial charge in [0.05, 0.1) is 10.0 Å². The number of amides is 1. The maximum absolute atomic E-state index is 11.9. The average Bonchev–Trinajstić information content (AvgIpc) is 2.50. The van der Waals surface area contributed by atoms with Crippen LogP contribution in [0.2, 0.25) is 10.0 Å². The molecule has 1 N–H and O–H groups in total. The number of rotatable bonds is 6. The Kier molecular flexibility index (Phi) is 6.09. The molecule has 0 spiro atoms. The highest BCUT2D eigenvalue weighted by atomic mass is 35.5. The molecule has 0 aromatic heterocycles. The second-order valence-corrected chi connectivity index (χ2v) is 5.64. The third-order valence-corrected chi connectivity index (χ3v) is 3.94. The molecule has 0 saturated heterocycles. The molecule has 0 bridgehead atoms. The summed E-state index contributed by atoms with van der Waals surface area (Å²) in [6.07, 6.45) is 3.02. The summed E-state index contributed by atoms with van der Waals surface area (Å²) in [5.74, 6) is -0.117. The van der Waals surface area contributed by atoms with Gasteiger partial charge in [0.1, 0.15) is 0 Å². The Balaban J connectivity index is 1.71. The molecule has 21 heavy (non-hydrogen) atoms. The molecule has 0 heterocycles. The van der Waals surface area contributed by atoms with Gasteiger partial charge in [0, 0.05) is 12.1 Å². The summed E-state index contributed by atoms with van der Waals surface area (Å²) in [5.41, 5.74) is 1.86. The zero-order valence-corrected chi connectivity index (χ0v) is 13.1. The zero-order chi connectivity index (χ0) is 15.1. The van der Waals surface area contributed by atoms with Gasteiger partial charge in [-0.2, -0.15) is 0 Å². The summed E-state index contributed by atoms with van der Waals surface area (Å²) in [4.78, 5) is 11.9. The van der Waals surface area contributed by atoms with Gasteiger partial charge in [-0.25, -0.2) is 0 Å². The van der Waals surface area contributed by atoms with Gasteiger partial charge in [0.2, 0.25) is 0 Å². The molecule has 1 amide bonds. The molecule has 2 aromatic carbocycles. The largest absolute Gasteiger partial charge is 0.352 e. The molecule has 0 unspecified atom stereocenters. The van der Waals surface area contributed by atoms with Crippen molar-refractivity contribution in [1.29, 1.82) is 0 Å². The molecule has 0 fully saturated rings. The van der Waals surface area contributed by atoms with Crippen LogP contribution in [0.4, 0.5) is 0 Å². The van der Waals surface area contributed by atoms with Gasteiger partial charge in [-0.3, -0.25) is 4.79 Å². The topological polar surface area (TPSA) is 29.1 Å². The van der Waals surface area contributed by atoms with E-state index in [0.29, 0.717) is 22.2 Å². The van der Waals surface area contributed by atoms with Gasteiger partial charge in [0.15, 0.2) is 0 Å². The Morgan fingerprint density at radius 3 is 2.43 bits per heavy atom. The lowest BCUT2D eigenvalue weighted by Crippen LogP contribution is -2.24. The van der Waals surface area contributed by atoms with Gasteiger partial charge in [-0.15, -0.1) is 0 Å². The number of hydrogen-bond donors (Lipinski definition) is 1. The number of carbonyl (C=O) groups excluding carboxylic acids is 1. The molecule has 0 saturated carbocycles. The van der Waals surface area contributed by atoms with E-state index >= 15 is 0 Å². The van der Waals surface area contributed by atoms with Crippen molar-refractivity contribution in [3.63, 3.8) is 0 Å². The Morgan fingerprint density at radius 1 is 0.952 bits per heavy atom. The van der Waals surface area contributed by atoms with Crippen molar-refractivity contribution in [2.45, 2.75) is 19.3 Å².